The van der Waals surface area contributed by atoms with Crippen LogP contribution in [0.25, 0.3) is 0 Å². The highest BCUT2D eigenvalue weighted by Gasteiger charge is 2.34. The summed E-state index contributed by atoms with van der Waals surface area (Å²) in [6, 6.07) is 23.2. The van der Waals surface area contributed by atoms with Gasteiger partial charge in [-0.1, -0.05) is 54.6 Å². The van der Waals surface area contributed by atoms with Gasteiger partial charge in [0.2, 0.25) is 0 Å². The lowest BCUT2D eigenvalue weighted by Crippen LogP contribution is -2.49. The molecule has 1 aliphatic heterocycles. The first-order valence-corrected chi connectivity index (χ1v) is 12.6. The fourth-order valence-electron chi connectivity index (χ4n) is 4.37. The van der Waals surface area contributed by atoms with Gasteiger partial charge in [0.25, 0.3) is 0 Å². The minimum Gasteiger partial charge on any atom is -0.494 e. The van der Waals surface area contributed by atoms with Crippen LogP contribution >= 0.6 is 0 Å². The van der Waals surface area contributed by atoms with Crippen molar-refractivity contribution >= 4 is 0 Å². The van der Waals surface area contributed by atoms with Crippen LogP contribution in [0.5, 0.6) is 11.5 Å². The number of benzene rings is 3. The number of rotatable bonds is 12. The van der Waals surface area contributed by atoms with Gasteiger partial charge in [-0.3, -0.25) is 0 Å². The van der Waals surface area contributed by atoms with E-state index in [1.54, 1.807) is 0 Å². The van der Waals surface area contributed by atoms with Crippen LogP contribution in [0.15, 0.2) is 78.9 Å². The topological polar surface area (TPSA) is 69.2 Å². The number of hydrogen-bond acceptors (Lipinski definition) is 6. The third-order valence-electron chi connectivity index (χ3n) is 6.21. The van der Waals surface area contributed by atoms with E-state index < -0.39 is 12.5 Å². The van der Waals surface area contributed by atoms with Gasteiger partial charge in [-0.2, -0.15) is 0 Å². The molecule has 0 amide bonds. The van der Waals surface area contributed by atoms with E-state index in [1.807, 2.05) is 54.6 Å². The second-order valence-electron chi connectivity index (χ2n) is 9.10. The molecule has 204 valence electrons. The molecule has 1 heterocycles. The largest absolute Gasteiger partial charge is 0.573 e. The Kier molecular flexibility index (Phi) is 10.0. The molecule has 9 heteroatoms. The van der Waals surface area contributed by atoms with E-state index in [4.69, 9.17) is 14.2 Å². The zero-order valence-electron chi connectivity index (χ0n) is 20.9. The lowest BCUT2D eigenvalue weighted by Gasteiger charge is -2.36. The van der Waals surface area contributed by atoms with Crippen molar-refractivity contribution in [1.82, 2.24) is 5.32 Å². The molecule has 1 aliphatic rings. The Labute approximate surface area is 220 Å². The fourth-order valence-corrected chi connectivity index (χ4v) is 4.37. The van der Waals surface area contributed by atoms with Crippen LogP contribution in [-0.2, 0) is 22.7 Å². The zero-order chi connectivity index (χ0) is 26.8. The molecule has 6 nitrogen and oxygen atoms in total. The van der Waals surface area contributed by atoms with E-state index in [0.717, 1.165) is 23.3 Å². The molecule has 3 atom stereocenters. The molecule has 0 aromatic heterocycles. The highest BCUT2D eigenvalue weighted by atomic mass is 19.4. The summed E-state index contributed by atoms with van der Waals surface area (Å²) < 4.78 is 58.6. The summed E-state index contributed by atoms with van der Waals surface area (Å²) in [7, 11) is 0. The number of piperidine rings is 1. The third kappa shape index (κ3) is 8.73. The van der Waals surface area contributed by atoms with Crippen LogP contribution in [0.2, 0.25) is 0 Å². The zero-order valence-corrected chi connectivity index (χ0v) is 20.9. The van der Waals surface area contributed by atoms with Crippen LogP contribution in [0, 0.1) is 0 Å². The number of halogens is 3. The summed E-state index contributed by atoms with van der Waals surface area (Å²) in [5, 5.41) is 13.9. The van der Waals surface area contributed by atoms with Gasteiger partial charge < -0.3 is 29.4 Å². The molecule has 0 aliphatic carbocycles. The Bertz CT molecular complexity index is 1090. The van der Waals surface area contributed by atoms with E-state index in [9.17, 15) is 18.3 Å². The summed E-state index contributed by atoms with van der Waals surface area (Å²) in [6.07, 6.45) is -4.93. The first kappa shape index (κ1) is 27.9. The number of hydrogen-bond donors (Lipinski definition) is 2. The van der Waals surface area contributed by atoms with Crippen molar-refractivity contribution in [3.05, 3.63) is 95.6 Å². The molecule has 2 N–H and O–H groups in total. The number of β-amino-alcohol motifs (C(OH)–C–C–N with tert-alkyl or cyclic N) is 1. The average molecular weight is 532 g/mol. The molecular formula is C29H32F3NO5. The summed E-state index contributed by atoms with van der Waals surface area (Å²) in [6.45, 7) is 2.88. The molecule has 0 spiro atoms. The van der Waals surface area contributed by atoms with Crippen LogP contribution in [0.4, 0.5) is 13.2 Å². The maximum absolute atomic E-state index is 12.4. The van der Waals surface area contributed by atoms with Crippen LogP contribution in [0.1, 0.15) is 29.0 Å². The Hall–Kier alpha value is -3.11. The summed E-state index contributed by atoms with van der Waals surface area (Å²) in [5.41, 5.74) is 2.77. The quantitative estimate of drug-likeness (QED) is 0.313. The Balaban J connectivity index is 1.24. The second kappa shape index (κ2) is 13.6. The molecule has 1 saturated heterocycles. The maximum Gasteiger partial charge on any atom is 0.573 e. The lowest BCUT2D eigenvalue weighted by molar-refractivity contribution is -0.274. The van der Waals surface area contributed by atoms with Crippen molar-refractivity contribution in [2.75, 3.05) is 26.3 Å². The molecule has 1 fully saturated rings. The first-order valence-electron chi connectivity index (χ1n) is 12.6. The minimum atomic E-state index is -4.73. The van der Waals surface area contributed by atoms with Gasteiger partial charge in [0, 0.05) is 25.4 Å². The molecule has 3 unspecified atom stereocenters. The van der Waals surface area contributed by atoms with Gasteiger partial charge in [-0.05, 0) is 41.0 Å². The smallest absolute Gasteiger partial charge is 0.494 e. The fraction of sp³-hybridized carbons (Fsp3) is 0.379. The molecule has 0 bridgehead atoms. The summed E-state index contributed by atoms with van der Waals surface area (Å²) >= 11 is 0. The number of alkyl halides is 3. The van der Waals surface area contributed by atoms with Gasteiger partial charge in [-0.15, -0.1) is 13.2 Å². The summed E-state index contributed by atoms with van der Waals surface area (Å²) in [4.78, 5) is 0. The monoisotopic (exact) mass is 531 g/mol. The van der Waals surface area contributed by atoms with Crippen molar-refractivity contribution in [1.29, 1.82) is 0 Å². The van der Waals surface area contributed by atoms with Crippen molar-refractivity contribution in [2.45, 2.75) is 44.1 Å². The predicted molar refractivity (Wildman–Crippen MR) is 136 cm³/mol. The molecule has 3 aromatic rings. The lowest BCUT2D eigenvalue weighted by atomic mass is 9.85. The number of aliphatic hydroxyl groups is 1. The van der Waals surface area contributed by atoms with E-state index in [0.29, 0.717) is 38.5 Å². The molecule has 38 heavy (non-hydrogen) atoms. The van der Waals surface area contributed by atoms with E-state index in [2.05, 4.69) is 10.1 Å². The number of nitrogens with one attached hydrogen (secondary N) is 1. The van der Waals surface area contributed by atoms with Crippen molar-refractivity contribution in [3.8, 4) is 11.5 Å². The van der Waals surface area contributed by atoms with Gasteiger partial charge in [0.15, 0.2) is 0 Å². The Morgan fingerprint density at radius 2 is 1.47 bits per heavy atom. The van der Waals surface area contributed by atoms with Crippen molar-refractivity contribution in [2.24, 2.45) is 0 Å². The van der Waals surface area contributed by atoms with E-state index >= 15 is 0 Å². The average Bonchev–Trinajstić information content (AvgIpc) is 2.90. The van der Waals surface area contributed by atoms with E-state index in [1.165, 1.54) is 24.3 Å². The molecule has 0 saturated carbocycles. The van der Waals surface area contributed by atoms with Gasteiger partial charge in [0.05, 0.1) is 38.6 Å². The highest BCUT2D eigenvalue weighted by Crippen LogP contribution is 2.30. The normalized spacial score (nSPS) is 19.7. The number of aliphatic hydroxyl groups excluding tert-OH is 1. The second-order valence-corrected chi connectivity index (χ2v) is 9.10. The van der Waals surface area contributed by atoms with Crippen molar-refractivity contribution in [3.63, 3.8) is 0 Å². The summed E-state index contributed by atoms with van der Waals surface area (Å²) in [5.74, 6) is 0.194. The number of ether oxygens (including phenoxy) is 4. The Morgan fingerprint density at radius 3 is 2.18 bits per heavy atom. The van der Waals surface area contributed by atoms with Crippen LogP contribution in [-0.4, -0.2) is 50.0 Å². The predicted octanol–water partition coefficient (Wildman–Crippen LogP) is 5.20. The van der Waals surface area contributed by atoms with Gasteiger partial charge in [-0.25, -0.2) is 0 Å². The Morgan fingerprint density at radius 1 is 0.789 bits per heavy atom. The first-order chi connectivity index (χ1) is 18.4. The van der Waals surface area contributed by atoms with Crippen LogP contribution < -0.4 is 14.8 Å². The SMILES string of the molecule is OC1CNCC(OCc2ccc(OC(F)(F)F)cc2)C1c1ccc(OCCCOCc2ccccc2)cc1. The highest BCUT2D eigenvalue weighted by molar-refractivity contribution is 5.32. The van der Waals surface area contributed by atoms with Crippen LogP contribution in [0.3, 0.4) is 0 Å². The molecular weight excluding hydrogens is 499 g/mol. The van der Waals surface area contributed by atoms with Gasteiger partial charge in [0.1, 0.15) is 11.5 Å². The van der Waals surface area contributed by atoms with Crippen molar-refractivity contribution < 1.29 is 37.2 Å². The van der Waals surface area contributed by atoms with E-state index in [-0.39, 0.29) is 24.4 Å². The molecule has 3 aromatic carbocycles. The third-order valence-corrected chi connectivity index (χ3v) is 6.21. The molecule has 0 radical (unpaired) electrons. The molecule has 4 rings (SSSR count). The maximum atomic E-state index is 12.4. The van der Waals surface area contributed by atoms with Gasteiger partial charge >= 0.3 is 6.36 Å². The standard InChI is InChI=1S/C29H32F3NO5/c30-29(31,32)38-25-11-7-22(8-12-25)20-37-27-18-33-17-26(34)28(27)23-9-13-24(14-10-23)36-16-4-15-35-19-21-5-2-1-3-6-21/h1-3,5-14,26-28,33-34H,4,15-20H2. The minimum absolute atomic E-state index is 0.190.